The second-order valence-electron chi connectivity index (χ2n) is 8.34. The van der Waals surface area contributed by atoms with Crippen LogP contribution in [0.5, 0.6) is 5.75 Å². The largest absolute Gasteiger partial charge is 0.496 e. The number of nitrogens with zero attached hydrogens (tertiary/aromatic N) is 1. The first-order chi connectivity index (χ1) is 16.6. The van der Waals surface area contributed by atoms with Crippen LogP contribution in [0.2, 0.25) is 0 Å². The molecule has 3 N–H and O–H groups in total. The second-order valence-corrected chi connectivity index (χ2v) is 8.34. The van der Waals surface area contributed by atoms with Crippen LogP contribution in [-0.4, -0.2) is 41.4 Å². The van der Waals surface area contributed by atoms with E-state index in [0.717, 1.165) is 6.07 Å². The first-order valence-corrected chi connectivity index (χ1v) is 11.0. The third-order valence-corrected chi connectivity index (χ3v) is 5.93. The van der Waals surface area contributed by atoms with E-state index in [4.69, 9.17) is 15.2 Å². The number of carbonyl (C=O) groups is 2. The van der Waals surface area contributed by atoms with Crippen LogP contribution in [0.3, 0.4) is 0 Å². The molecule has 1 unspecified atom stereocenters. The molecule has 2 aromatic carbocycles. The van der Waals surface area contributed by atoms with E-state index in [1.807, 2.05) is 0 Å². The summed E-state index contributed by atoms with van der Waals surface area (Å²) in [5.74, 6) is -4.51. The Labute approximate surface area is 199 Å². The topological polar surface area (TPSA) is 107 Å². The quantitative estimate of drug-likeness (QED) is 0.349. The van der Waals surface area contributed by atoms with Crippen LogP contribution in [0.25, 0.3) is 11.3 Å². The summed E-state index contributed by atoms with van der Waals surface area (Å²) in [6.07, 6.45) is -0.691. The molecule has 35 heavy (non-hydrogen) atoms. The molecule has 0 saturated heterocycles. The number of esters is 1. The van der Waals surface area contributed by atoms with E-state index in [9.17, 15) is 22.8 Å². The SMILES string of the molecule is CCOC(=O)c1[nH]c(C2CC(F)(F)C2)nc1-c1ccc(C(N)C(=O)c2cc(F)ccc2OC)cc1. The van der Waals surface area contributed by atoms with E-state index in [1.165, 1.54) is 19.2 Å². The van der Waals surface area contributed by atoms with Crippen LogP contribution in [-0.2, 0) is 4.74 Å². The second kappa shape index (κ2) is 9.53. The number of nitrogens with two attached hydrogens (primary N) is 1. The number of Topliss-reactive ketones (excluding diaryl/α,β-unsaturated/α-hetero) is 1. The maximum Gasteiger partial charge on any atom is 0.357 e. The summed E-state index contributed by atoms with van der Waals surface area (Å²) < 4.78 is 50.6. The Morgan fingerprint density at radius 1 is 1.20 bits per heavy atom. The van der Waals surface area contributed by atoms with Gasteiger partial charge in [0.05, 0.1) is 25.3 Å². The third kappa shape index (κ3) is 4.93. The number of alkyl halides is 2. The highest BCUT2D eigenvalue weighted by Gasteiger charge is 2.47. The van der Waals surface area contributed by atoms with Crippen molar-refractivity contribution in [3.63, 3.8) is 0 Å². The maximum atomic E-state index is 13.7. The van der Waals surface area contributed by atoms with E-state index in [1.54, 1.807) is 31.2 Å². The van der Waals surface area contributed by atoms with Crippen LogP contribution in [0, 0.1) is 5.82 Å². The Hall–Kier alpha value is -3.66. The van der Waals surface area contributed by atoms with Gasteiger partial charge >= 0.3 is 5.97 Å². The number of aromatic nitrogens is 2. The van der Waals surface area contributed by atoms with Crippen molar-refractivity contribution in [2.24, 2.45) is 5.73 Å². The summed E-state index contributed by atoms with van der Waals surface area (Å²) in [5, 5.41) is 0. The van der Waals surface area contributed by atoms with Crippen molar-refractivity contribution in [2.75, 3.05) is 13.7 Å². The van der Waals surface area contributed by atoms with E-state index >= 15 is 0 Å². The van der Waals surface area contributed by atoms with Gasteiger partial charge in [0.1, 0.15) is 23.1 Å². The van der Waals surface area contributed by atoms with Crippen molar-refractivity contribution < 1.29 is 32.2 Å². The first kappa shape index (κ1) is 24.5. The number of hydrogen-bond acceptors (Lipinski definition) is 6. The molecule has 10 heteroatoms. The number of methoxy groups -OCH3 is 1. The number of aromatic amines is 1. The molecule has 1 saturated carbocycles. The predicted molar refractivity (Wildman–Crippen MR) is 121 cm³/mol. The molecule has 0 bridgehead atoms. The zero-order valence-electron chi connectivity index (χ0n) is 19.1. The molecule has 1 heterocycles. The highest BCUT2D eigenvalue weighted by atomic mass is 19.3. The molecular formula is C25H24F3N3O4. The highest BCUT2D eigenvalue weighted by molar-refractivity contribution is 6.03. The van der Waals surface area contributed by atoms with E-state index in [2.05, 4.69) is 9.97 Å². The minimum Gasteiger partial charge on any atom is -0.496 e. The number of H-pyrrole nitrogens is 1. The standard InChI is InChI=1S/C25H24F3N3O4/c1-3-35-24(33)21-20(30-23(31-21)15-11-25(27,28)12-15)14-6-4-13(5-7-14)19(29)22(32)17-10-16(26)8-9-18(17)34-2/h4-10,15,19H,3,11-12,29H2,1-2H3,(H,30,31). The van der Waals surface area contributed by atoms with Gasteiger partial charge in [-0.05, 0) is 30.7 Å². The van der Waals surface area contributed by atoms with Crippen LogP contribution >= 0.6 is 0 Å². The van der Waals surface area contributed by atoms with Gasteiger partial charge in [0.25, 0.3) is 0 Å². The third-order valence-electron chi connectivity index (χ3n) is 5.93. The number of nitrogens with one attached hydrogen (secondary N) is 1. The van der Waals surface area contributed by atoms with Crippen LogP contribution < -0.4 is 10.5 Å². The zero-order chi connectivity index (χ0) is 25.3. The molecule has 7 nitrogen and oxygen atoms in total. The first-order valence-electron chi connectivity index (χ1n) is 11.0. The van der Waals surface area contributed by atoms with Gasteiger partial charge in [0.2, 0.25) is 5.92 Å². The molecule has 1 aromatic heterocycles. The van der Waals surface area contributed by atoms with Crippen LogP contribution in [0.1, 0.15) is 64.0 Å². The van der Waals surface area contributed by atoms with Gasteiger partial charge in [0, 0.05) is 24.3 Å². The minimum atomic E-state index is -2.74. The van der Waals surface area contributed by atoms with Crippen LogP contribution in [0.15, 0.2) is 42.5 Å². The Morgan fingerprint density at radius 3 is 2.49 bits per heavy atom. The summed E-state index contributed by atoms with van der Waals surface area (Å²) in [6.45, 7) is 1.79. The molecular weight excluding hydrogens is 463 g/mol. The van der Waals surface area contributed by atoms with E-state index in [0.29, 0.717) is 17.0 Å². The fourth-order valence-corrected chi connectivity index (χ4v) is 4.04. The van der Waals surface area contributed by atoms with Crippen molar-refractivity contribution in [3.8, 4) is 17.0 Å². The van der Waals surface area contributed by atoms with Gasteiger partial charge in [-0.3, -0.25) is 4.79 Å². The van der Waals surface area contributed by atoms with Gasteiger partial charge < -0.3 is 20.2 Å². The average molecular weight is 487 g/mol. The maximum absolute atomic E-state index is 13.7. The number of ether oxygens (including phenoxy) is 2. The van der Waals surface area contributed by atoms with E-state index < -0.39 is 35.5 Å². The molecule has 184 valence electrons. The zero-order valence-corrected chi connectivity index (χ0v) is 19.1. The molecule has 0 aliphatic heterocycles. The van der Waals surface area contributed by atoms with E-state index in [-0.39, 0.29) is 42.1 Å². The Bertz CT molecular complexity index is 1250. The fourth-order valence-electron chi connectivity index (χ4n) is 4.04. The fraction of sp³-hybridized carbons (Fsp3) is 0.320. The summed E-state index contributed by atoms with van der Waals surface area (Å²) in [4.78, 5) is 32.6. The summed E-state index contributed by atoms with van der Waals surface area (Å²) in [6, 6.07) is 8.90. The molecule has 1 aliphatic carbocycles. The minimum absolute atomic E-state index is 0.0166. The Morgan fingerprint density at radius 2 is 1.89 bits per heavy atom. The number of benzene rings is 2. The molecule has 1 fully saturated rings. The van der Waals surface area contributed by atoms with Gasteiger partial charge in [-0.25, -0.2) is 22.9 Å². The number of imidazole rings is 1. The van der Waals surface area contributed by atoms with Crippen molar-refractivity contribution in [2.45, 2.75) is 37.6 Å². The summed E-state index contributed by atoms with van der Waals surface area (Å²) in [5.41, 5.74) is 7.44. The summed E-state index contributed by atoms with van der Waals surface area (Å²) >= 11 is 0. The van der Waals surface area contributed by atoms with Crippen molar-refractivity contribution >= 4 is 11.8 Å². The molecule has 0 amide bonds. The number of rotatable bonds is 8. The monoisotopic (exact) mass is 487 g/mol. The Kier molecular flexibility index (Phi) is 6.66. The molecule has 3 aromatic rings. The normalized spacial score (nSPS) is 15.8. The average Bonchev–Trinajstić information content (AvgIpc) is 3.27. The number of hydrogen-bond donors (Lipinski definition) is 2. The highest BCUT2D eigenvalue weighted by Crippen LogP contribution is 2.48. The number of halogens is 3. The lowest BCUT2D eigenvalue weighted by Gasteiger charge is -2.33. The summed E-state index contributed by atoms with van der Waals surface area (Å²) in [7, 11) is 1.37. The van der Waals surface area contributed by atoms with Gasteiger partial charge in [-0.15, -0.1) is 0 Å². The molecule has 0 radical (unpaired) electrons. The number of ketones is 1. The van der Waals surface area contributed by atoms with Crippen molar-refractivity contribution in [1.29, 1.82) is 0 Å². The lowest BCUT2D eigenvalue weighted by molar-refractivity contribution is -0.0883. The molecule has 0 spiro atoms. The van der Waals surface area contributed by atoms with Gasteiger partial charge in [-0.2, -0.15) is 0 Å². The lowest BCUT2D eigenvalue weighted by atomic mass is 9.81. The van der Waals surface area contributed by atoms with Crippen molar-refractivity contribution in [3.05, 3.63) is 70.9 Å². The Balaban J connectivity index is 1.62. The lowest BCUT2D eigenvalue weighted by Crippen LogP contribution is -2.34. The van der Waals surface area contributed by atoms with Gasteiger partial charge in [-0.1, -0.05) is 24.3 Å². The van der Waals surface area contributed by atoms with Gasteiger partial charge in [0.15, 0.2) is 11.5 Å². The molecule has 1 atom stereocenters. The predicted octanol–water partition coefficient (Wildman–Crippen LogP) is 4.80. The van der Waals surface area contributed by atoms with Crippen LogP contribution in [0.4, 0.5) is 13.2 Å². The number of carbonyl (C=O) groups excluding carboxylic acids is 2. The molecule has 4 rings (SSSR count). The van der Waals surface area contributed by atoms with Crippen molar-refractivity contribution in [1.82, 2.24) is 9.97 Å². The smallest absolute Gasteiger partial charge is 0.357 e. The molecule has 1 aliphatic rings.